The molecule has 0 radical (unpaired) electrons. The molecule has 0 bridgehead atoms. The second-order valence-corrected chi connectivity index (χ2v) is 4.99. The first kappa shape index (κ1) is 14.3. The normalized spacial score (nSPS) is 15.3. The molecule has 18 heavy (non-hydrogen) atoms. The summed E-state index contributed by atoms with van der Waals surface area (Å²) >= 11 is 0. The first-order chi connectivity index (χ1) is 8.15. The van der Waals surface area contributed by atoms with E-state index in [4.69, 9.17) is 4.74 Å². The number of alkyl carbamates (subject to hydrolysis) is 1. The van der Waals surface area contributed by atoms with Crippen LogP contribution in [0.15, 0.2) is 6.20 Å². The van der Waals surface area contributed by atoms with Gasteiger partial charge < -0.3 is 10.1 Å². The Hall–Kier alpha value is -1.73. The Morgan fingerprint density at radius 2 is 2.06 bits per heavy atom. The number of aromatic nitrogens is 3. The van der Waals surface area contributed by atoms with Crippen molar-refractivity contribution in [2.75, 3.05) is 0 Å². The minimum absolute atomic E-state index is 0.0663. The smallest absolute Gasteiger partial charge is 0.408 e. The van der Waals surface area contributed by atoms with E-state index in [9.17, 15) is 13.6 Å². The van der Waals surface area contributed by atoms with Crippen LogP contribution in [0, 0.1) is 0 Å². The Bertz CT molecular complexity index is 403. The van der Waals surface area contributed by atoms with Crippen LogP contribution in [0.25, 0.3) is 0 Å². The van der Waals surface area contributed by atoms with Gasteiger partial charge in [0.15, 0.2) is 0 Å². The summed E-state index contributed by atoms with van der Waals surface area (Å²) in [5, 5.41) is 11.3. The highest BCUT2D eigenvalue weighted by atomic mass is 19.3. The lowest BCUT2D eigenvalue weighted by Crippen LogP contribution is -2.50. The van der Waals surface area contributed by atoms with Gasteiger partial charge in [-0.2, -0.15) is 0 Å². The monoisotopic (exact) mass is 262 g/mol. The second-order valence-electron chi connectivity index (χ2n) is 4.99. The zero-order valence-electron chi connectivity index (χ0n) is 10.6. The number of hydrogen-bond acceptors (Lipinski definition) is 4. The zero-order valence-corrected chi connectivity index (χ0v) is 10.6. The van der Waals surface area contributed by atoms with Crippen molar-refractivity contribution in [1.82, 2.24) is 20.7 Å². The molecule has 2 N–H and O–H groups in total. The average Bonchev–Trinajstić information content (AvgIpc) is 2.66. The molecular formula is C10H16F2N4O2. The molecule has 0 aliphatic heterocycles. The van der Waals surface area contributed by atoms with Crippen molar-refractivity contribution in [1.29, 1.82) is 0 Å². The summed E-state index contributed by atoms with van der Waals surface area (Å²) < 4.78 is 31.1. The van der Waals surface area contributed by atoms with E-state index >= 15 is 0 Å². The first-order valence-corrected chi connectivity index (χ1v) is 5.31. The second kappa shape index (κ2) is 4.87. The molecule has 1 heterocycles. The highest BCUT2D eigenvalue weighted by Crippen LogP contribution is 2.26. The van der Waals surface area contributed by atoms with E-state index < -0.39 is 23.7 Å². The zero-order chi connectivity index (χ0) is 14.0. The molecule has 1 aromatic rings. The van der Waals surface area contributed by atoms with Crippen molar-refractivity contribution in [2.45, 2.75) is 45.3 Å². The first-order valence-electron chi connectivity index (χ1n) is 5.31. The molecule has 1 amide bonds. The maximum absolute atomic E-state index is 13.1. The van der Waals surface area contributed by atoms with Crippen LogP contribution in [-0.2, 0) is 10.3 Å². The third kappa shape index (κ3) is 3.38. The van der Waals surface area contributed by atoms with E-state index in [1.54, 1.807) is 20.8 Å². The minimum atomic E-state index is -2.85. The Balaban J connectivity index is 2.85. The van der Waals surface area contributed by atoms with Crippen LogP contribution in [-0.4, -0.2) is 33.5 Å². The fourth-order valence-electron chi connectivity index (χ4n) is 1.20. The number of H-pyrrole nitrogens is 1. The van der Waals surface area contributed by atoms with Crippen molar-refractivity contribution in [2.24, 2.45) is 0 Å². The molecule has 1 atom stereocenters. The van der Waals surface area contributed by atoms with Gasteiger partial charge in [-0.3, -0.25) is 5.10 Å². The summed E-state index contributed by atoms with van der Waals surface area (Å²) in [5.74, 6) is 0. The number of amides is 1. The molecular weight excluding hydrogens is 246 g/mol. The summed E-state index contributed by atoms with van der Waals surface area (Å²) in [7, 11) is 0. The number of aromatic amines is 1. The van der Waals surface area contributed by atoms with Gasteiger partial charge in [-0.25, -0.2) is 13.6 Å². The molecule has 0 aromatic carbocycles. The predicted molar refractivity (Wildman–Crippen MR) is 59.1 cm³/mol. The topological polar surface area (TPSA) is 79.9 Å². The number of rotatable bonds is 3. The Kier molecular flexibility index (Phi) is 3.88. The van der Waals surface area contributed by atoms with Crippen molar-refractivity contribution < 1.29 is 18.3 Å². The van der Waals surface area contributed by atoms with E-state index in [2.05, 4.69) is 20.7 Å². The van der Waals surface area contributed by atoms with Gasteiger partial charge in [0.1, 0.15) is 16.8 Å². The fraction of sp³-hybridized carbons (Fsp3) is 0.700. The van der Waals surface area contributed by atoms with Gasteiger partial charge in [-0.1, -0.05) is 5.21 Å². The van der Waals surface area contributed by atoms with Crippen LogP contribution in [0.5, 0.6) is 0 Å². The number of nitrogens with zero attached hydrogens (tertiary/aromatic N) is 2. The van der Waals surface area contributed by atoms with Crippen LogP contribution in [0.1, 0.15) is 33.4 Å². The van der Waals surface area contributed by atoms with Crippen LogP contribution >= 0.6 is 0 Å². The van der Waals surface area contributed by atoms with Crippen LogP contribution < -0.4 is 5.32 Å². The maximum Gasteiger partial charge on any atom is 0.408 e. The summed E-state index contributed by atoms with van der Waals surface area (Å²) in [4.78, 5) is 11.5. The molecule has 0 saturated heterocycles. The molecule has 0 aliphatic rings. The van der Waals surface area contributed by atoms with Crippen molar-refractivity contribution >= 4 is 6.09 Å². The molecule has 1 aromatic heterocycles. The van der Waals surface area contributed by atoms with Gasteiger partial charge in [0.05, 0.1) is 0 Å². The van der Waals surface area contributed by atoms with E-state index in [0.29, 0.717) is 0 Å². The highest BCUT2D eigenvalue weighted by Gasteiger charge is 2.41. The number of halogens is 2. The molecule has 0 aliphatic carbocycles. The van der Waals surface area contributed by atoms with Gasteiger partial charge in [0, 0.05) is 6.20 Å². The summed E-state index contributed by atoms with van der Waals surface area (Å²) in [6, 6.07) is 0. The molecule has 0 saturated carbocycles. The van der Waals surface area contributed by atoms with Gasteiger partial charge in [0.2, 0.25) is 0 Å². The van der Waals surface area contributed by atoms with Gasteiger partial charge in [-0.05, 0) is 27.7 Å². The average molecular weight is 262 g/mol. The quantitative estimate of drug-likeness (QED) is 0.870. The third-order valence-electron chi connectivity index (χ3n) is 2.15. The van der Waals surface area contributed by atoms with E-state index in [-0.39, 0.29) is 5.69 Å². The summed E-state index contributed by atoms with van der Waals surface area (Å²) in [6.07, 6.45) is -2.59. The van der Waals surface area contributed by atoms with E-state index in [1.165, 1.54) is 6.20 Å². The third-order valence-corrected chi connectivity index (χ3v) is 2.15. The van der Waals surface area contributed by atoms with Crippen LogP contribution in [0.4, 0.5) is 13.6 Å². The van der Waals surface area contributed by atoms with Gasteiger partial charge in [-0.15, -0.1) is 5.10 Å². The molecule has 102 valence electrons. The largest absolute Gasteiger partial charge is 0.444 e. The van der Waals surface area contributed by atoms with Crippen LogP contribution in [0.2, 0.25) is 0 Å². The lowest BCUT2D eigenvalue weighted by Gasteiger charge is -2.29. The maximum atomic E-state index is 13.1. The van der Waals surface area contributed by atoms with Crippen molar-refractivity contribution in [3.8, 4) is 0 Å². The molecule has 0 fully saturated rings. The number of carbonyl (C=O) groups excluding carboxylic acids is 1. The highest BCUT2D eigenvalue weighted by molar-refractivity contribution is 5.69. The number of nitrogens with one attached hydrogen (secondary N) is 2. The Morgan fingerprint density at radius 1 is 1.44 bits per heavy atom. The summed E-state index contributed by atoms with van der Waals surface area (Å²) in [5.41, 5.74) is -2.78. The van der Waals surface area contributed by atoms with E-state index in [0.717, 1.165) is 6.92 Å². The number of carbonyl (C=O) groups is 1. The number of ether oxygens (including phenoxy) is 1. The molecule has 1 rings (SSSR count). The van der Waals surface area contributed by atoms with E-state index in [1.807, 2.05) is 0 Å². The van der Waals surface area contributed by atoms with Gasteiger partial charge >= 0.3 is 6.09 Å². The number of hydrogen-bond donors (Lipinski definition) is 2. The molecule has 1 unspecified atom stereocenters. The Labute approximate surface area is 103 Å². The SMILES string of the molecule is CC(C)(C)OC(=O)NC(C)(c1c[nH]nn1)C(F)F. The Morgan fingerprint density at radius 3 is 2.44 bits per heavy atom. The van der Waals surface area contributed by atoms with Crippen molar-refractivity contribution in [3.63, 3.8) is 0 Å². The molecule has 6 nitrogen and oxygen atoms in total. The lowest BCUT2D eigenvalue weighted by molar-refractivity contribution is 0.00978. The molecule has 0 spiro atoms. The minimum Gasteiger partial charge on any atom is -0.444 e. The summed E-state index contributed by atoms with van der Waals surface area (Å²) in [6.45, 7) is 6.08. The van der Waals surface area contributed by atoms with Gasteiger partial charge in [0.25, 0.3) is 6.43 Å². The lowest BCUT2D eigenvalue weighted by atomic mass is 10.00. The molecule has 8 heteroatoms. The number of alkyl halides is 2. The standard InChI is InChI=1S/C10H16F2N4O2/c1-9(2,3)18-8(17)14-10(4,7(11)12)6-5-13-16-15-6/h5,7H,1-4H3,(H,14,17)(H,13,15,16). The van der Waals surface area contributed by atoms with Crippen molar-refractivity contribution in [3.05, 3.63) is 11.9 Å². The fourth-order valence-corrected chi connectivity index (χ4v) is 1.20. The predicted octanol–water partition coefficient (Wildman–Crippen LogP) is 1.81. The van der Waals surface area contributed by atoms with Crippen LogP contribution in [0.3, 0.4) is 0 Å².